The third kappa shape index (κ3) is 2.01. The second kappa shape index (κ2) is 4.18. The van der Waals surface area contributed by atoms with Gasteiger partial charge in [-0.2, -0.15) is 4.37 Å². The molecule has 0 aliphatic rings. The zero-order valence-corrected chi connectivity index (χ0v) is 8.97. The molecular weight excluding hydrogens is 214 g/mol. The van der Waals surface area contributed by atoms with E-state index < -0.39 is 0 Å². The Balaban J connectivity index is 2.05. The number of nitrogen functional groups attached to an aromatic ring is 1. The molecule has 2 rings (SSSR count). The summed E-state index contributed by atoms with van der Waals surface area (Å²) in [7, 11) is 1.57. The minimum Gasteiger partial charge on any atom is -0.490 e. The van der Waals surface area contributed by atoms with Crippen LogP contribution in [0.1, 0.15) is 5.82 Å². The molecule has 7 heteroatoms. The minimum atomic E-state index is 0.407. The summed E-state index contributed by atoms with van der Waals surface area (Å²) in [5.74, 6) is 1.85. The predicted octanol–water partition coefficient (Wildman–Crippen LogP) is 1.07. The summed E-state index contributed by atoms with van der Waals surface area (Å²) >= 11 is 1.27. The zero-order valence-electron chi connectivity index (χ0n) is 8.15. The third-order valence-corrected chi connectivity index (χ3v) is 2.65. The minimum absolute atomic E-state index is 0.407. The van der Waals surface area contributed by atoms with E-state index in [4.69, 9.17) is 10.5 Å². The number of aromatic nitrogens is 3. The van der Waals surface area contributed by atoms with Crippen LogP contribution in [-0.4, -0.2) is 21.5 Å². The SMILES string of the molecule is COc1c(N)nsc1NCc1ncc[nH]1. The van der Waals surface area contributed by atoms with Crippen LogP contribution >= 0.6 is 11.5 Å². The number of nitrogens with zero attached hydrogens (tertiary/aromatic N) is 2. The molecule has 15 heavy (non-hydrogen) atoms. The molecule has 0 radical (unpaired) electrons. The van der Waals surface area contributed by atoms with Gasteiger partial charge in [0.1, 0.15) is 5.82 Å². The first-order valence-electron chi connectivity index (χ1n) is 4.32. The number of ether oxygens (including phenoxy) is 1. The molecule has 2 aromatic heterocycles. The molecule has 4 N–H and O–H groups in total. The second-order valence-corrected chi connectivity index (χ2v) is 3.59. The first kappa shape index (κ1) is 9.78. The summed E-state index contributed by atoms with van der Waals surface area (Å²) in [6.07, 6.45) is 3.48. The first-order valence-corrected chi connectivity index (χ1v) is 5.10. The molecule has 0 atom stereocenters. The van der Waals surface area contributed by atoms with Crippen LogP contribution in [0, 0.1) is 0 Å². The standard InChI is InChI=1S/C8H11N5OS/c1-14-6-7(9)13-15-8(6)12-4-5-10-2-3-11-5/h2-3,12H,4H2,1H3,(H2,9,13)(H,10,11). The maximum atomic E-state index is 5.61. The average molecular weight is 225 g/mol. The lowest BCUT2D eigenvalue weighted by Crippen LogP contribution is -2.01. The smallest absolute Gasteiger partial charge is 0.197 e. The number of hydrogen-bond acceptors (Lipinski definition) is 6. The molecule has 0 aromatic carbocycles. The van der Waals surface area contributed by atoms with E-state index in [1.54, 1.807) is 19.5 Å². The Kier molecular flexibility index (Phi) is 2.72. The lowest BCUT2D eigenvalue weighted by molar-refractivity contribution is 0.419. The molecule has 0 fully saturated rings. The van der Waals surface area contributed by atoms with Crippen molar-refractivity contribution >= 4 is 22.4 Å². The van der Waals surface area contributed by atoms with Gasteiger partial charge in [0.05, 0.1) is 13.7 Å². The number of nitrogens with two attached hydrogens (primary N) is 1. The van der Waals surface area contributed by atoms with Gasteiger partial charge in [-0.25, -0.2) is 4.98 Å². The van der Waals surface area contributed by atoms with Crippen molar-refractivity contribution in [2.75, 3.05) is 18.2 Å². The van der Waals surface area contributed by atoms with E-state index in [0.717, 1.165) is 10.8 Å². The van der Waals surface area contributed by atoms with E-state index in [0.29, 0.717) is 18.1 Å². The van der Waals surface area contributed by atoms with Gasteiger partial charge in [-0.3, -0.25) is 0 Å². The average Bonchev–Trinajstić information content (AvgIpc) is 2.84. The predicted molar refractivity (Wildman–Crippen MR) is 59.0 cm³/mol. The molecule has 2 aromatic rings. The monoisotopic (exact) mass is 225 g/mol. The highest BCUT2D eigenvalue weighted by Gasteiger charge is 2.11. The van der Waals surface area contributed by atoms with Crippen molar-refractivity contribution in [3.8, 4) is 5.75 Å². The molecule has 0 spiro atoms. The third-order valence-electron chi connectivity index (χ3n) is 1.85. The van der Waals surface area contributed by atoms with Gasteiger partial charge < -0.3 is 20.8 Å². The molecular formula is C8H11N5OS. The van der Waals surface area contributed by atoms with Crippen molar-refractivity contribution in [1.29, 1.82) is 0 Å². The van der Waals surface area contributed by atoms with Crippen molar-refractivity contribution in [2.45, 2.75) is 6.54 Å². The maximum absolute atomic E-state index is 5.61. The summed E-state index contributed by atoms with van der Waals surface area (Å²) < 4.78 is 9.10. The van der Waals surface area contributed by atoms with Crippen LogP contribution in [0.2, 0.25) is 0 Å². The van der Waals surface area contributed by atoms with E-state index in [-0.39, 0.29) is 0 Å². The van der Waals surface area contributed by atoms with Crippen LogP contribution in [-0.2, 0) is 6.54 Å². The molecule has 0 saturated carbocycles. The lowest BCUT2D eigenvalue weighted by Gasteiger charge is -2.03. The van der Waals surface area contributed by atoms with Gasteiger partial charge in [-0.15, -0.1) is 0 Å². The first-order chi connectivity index (χ1) is 7.31. The van der Waals surface area contributed by atoms with E-state index >= 15 is 0 Å². The van der Waals surface area contributed by atoms with Crippen molar-refractivity contribution in [3.63, 3.8) is 0 Å². The Morgan fingerprint density at radius 1 is 1.67 bits per heavy atom. The van der Waals surface area contributed by atoms with E-state index in [9.17, 15) is 0 Å². The molecule has 0 unspecified atom stereocenters. The number of rotatable bonds is 4. The molecule has 2 heterocycles. The van der Waals surface area contributed by atoms with Crippen molar-refractivity contribution in [1.82, 2.24) is 14.3 Å². The fraction of sp³-hybridized carbons (Fsp3) is 0.250. The molecule has 80 valence electrons. The summed E-state index contributed by atoms with van der Waals surface area (Å²) in [6.45, 7) is 0.588. The van der Waals surface area contributed by atoms with E-state index in [1.807, 2.05) is 0 Å². The Labute approximate surface area is 90.7 Å². The largest absolute Gasteiger partial charge is 0.490 e. The van der Waals surface area contributed by atoms with Gasteiger partial charge >= 0.3 is 0 Å². The van der Waals surface area contributed by atoms with Crippen LogP contribution in [0.4, 0.5) is 10.8 Å². The Morgan fingerprint density at radius 3 is 3.20 bits per heavy atom. The highest BCUT2D eigenvalue weighted by atomic mass is 32.1. The fourth-order valence-corrected chi connectivity index (χ4v) is 1.84. The quantitative estimate of drug-likeness (QED) is 0.724. The Bertz CT molecular complexity index is 424. The fourth-order valence-electron chi connectivity index (χ4n) is 1.16. The van der Waals surface area contributed by atoms with E-state index in [1.165, 1.54) is 11.5 Å². The highest BCUT2D eigenvalue weighted by molar-refractivity contribution is 7.11. The number of H-pyrrole nitrogens is 1. The lowest BCUT2D eigenvalue weighted by atomic mass is 10.5. The van der Waals surface area contributed by atoms with Crippen molar-refractivity contribution in [3.05, 3.63) is 18.2 Å². The molecule has 0 aliphatic carbocycles. The van der Waals surface area contributed by atoms with Gasteiger partial charge in [0.25, 0.3) is 0 Å². The Hall–Kier alpha value is -1.76. The van der Waals surface area contributed by atoms with Gasteiger partial charge in [-0.05, 0) is 11.5 Å². The van der Waals surface area contributed by atoms with Gasteiger partial charge in [-0.1, -0.05) is 0 Å². The Morgan fingerprint density at radius 2 is 2.53 bits per heavy atom. The number of imidazole rings is 1. The highest BCUT2D eigenvalue weighted by Crippen LogP contribution is 2.34. The van der Waals surface area contributed by atoms with Gasteiger partial charge in [0.15, 0.2) is 16.6 Å². The van der Waals surface area contributed by atoms with Crippen LogP contribution in [0.5, 0.6) is 5.75 Å². The molecule has 6 nitrogen and oxygen atoms in total. The van der Waals surface area contributed by atoms with Crippen molar-refractivity contribution < 1.29 is 4.74 Å². The van der Waals surface area contributed by atoms with Gasteiger partial charge in [0.2, 0.25) is 0 Å². The summed E-state index contributed by atoms with van der Waals surface area (Å²) in [4.78, 5) is 7.08. The summed E-state index contributed by atoms with van der Waals surface area (Å²) in [5.41, 5.74) is 5.61. The number of methoxy groups -OCH3 is 1. The van der Waals surface area contributed by atoms with Crippen LogP contribution in [0.25, 0.3) is 0 Å². The number of aromatic amines is 1. The topological polar surface area (TPSA) is 88.8 Å². The van der Waals surface area contributed by atoms with Gasteiger partial charge in [0, 0.05) is 12.4 Å². The molecule has 0 bridgehead atoms. The van der Waals surface area contributed by atoms with Crippen LogP contribution in [0.3, 0.4) is 0 Å². The normalized spacial score (nSPS) is 10.2. The van der Waals surface area contributed by atoms with Crippen LogP contribution < -0.4 is 15.8 Å². The zero-order chi connectivity index (χ0) is 10.7. The maximum Gasteiger partial charge on any atom is 0.197 e. The van der Waals surface area contributed by atoms with E-state index in [2.05, 4.69) is 19.7 Å². The number of nitrogens with one attached hydrogen (secondary N) is 2. The molecule has 0 saturated heterocycles. The molecule has 0 aliphatic heterocycles. The number of hydrogen-bond donors (Lipinski definition) is 3. The van der Waals surface area contributed by atoms with Crippen LogP contribution in [0.15, 0.2) is 12.4 Å². The summed E-state index contributed by atoms with van der Waals surface area (Å²) in [5, 5.41) is 3.96. The van der Waals surface area contributed by atoms with Crippen molar-refractivity contribution in [2.24, 2.45) is 0 Å². The summed E-state index contributed by atoms with van der Waals surface area (Å²) in [6, 6.07) is 0. The number of anilines is 2. The molecule has 0 amide bonds. The second-order valence-electron chi connectivity index (χ2n) is 2.82.